The third kappa shape index (κ3) is 3.20. The van der Waals surface area contributed by atoms with E-state index in [1.54, 1.807) is 19.1 Å². The van der Waals surface area contributed by atoms with Crippen LogP contribution in [0.25, 0.3) is 5.52 Å². The van der Waals surface area contributed by atoms with Crippen molar-refractivity contribution in [2.45, 2.75) is 33.1 Å². The zero-order valence-electron chi connectivity index (χ0n) is 14.2. The number of rotatable bonds is 5. The predicted molar refractivity (Wildman–Crippen MR) is 93.1 cm³/mol. The lowest BCUT2D eigenvalue weighted by Gasteiger charge is -2.07. The minimum atomic E-state index is -0.462. The van der Waals surface area contributed by atoms with Crippen LogP contribution in [0.1, 0.15) is 35.0 Å². The van der Waals surface area contributed by atoms with E-state index in [9.17, 15) is 14.3 Å². The fourth-order valence-corrected chi connectivity index (χ4v) is 3.33. The number of fused-ring (bicyclic) bond motifs is 1. The molecule has 3 aromatic rings. The first-order chi connectivity index (χ1) is 11.9. The molecule has 2 aromatic heterocycles. The van der Waals surface area contributed by atoms with Gasteiger partial charge in [0.05, 0.1) is 12.1 Å². The Morgan fingerprint density at radius 1 is 1.28 bits per heavy atom. The molecule has 0 atom stereocenters. The molecule has 0 radical (unpaired) electrons. The second-order valence-electron chi connectivity index (χ2n) is 6.13. The summed E-state index contributed by atoms with van der Waals surface area (Å²) in [7, 11) is 0. The van der Waals surface area contributed by atoms with Gasteiger partial charge in [-0.2, -0.15) is 0 Å². The van der Waals surface area contributed by atoms with E-state index in [0.29, 0.717) is 29.6 Å². The normalized spacial score (nSPS) is 11.2. The number of primary amides is 1. The molecule has 25 heavy (non-hydrogen) atoms. The second kappa shape index (κ2) is 6.55. The number of aryl methyl sites for hydroxylation is 1. The minimum absolute atomic E-state index is 0.0361. The number of aromatic nitrogens is 2. The number of nitrogens with two attached hydrogens (primary N) is 1. The van der Waals surface area contributed by atoms with Gasteiger partial charge in [0.15, 0.2) is 0 Å². The molecule has 5 nitrogen and oxygen atoms in total. The van der Waals surface area contributed by atoms with Crippen LogP contribution in [0.5, 0.6) is 5.88 Å². The van der Waals surface area contributed by atoms with E-state index in [1.807, 2.05) is 17.5 Å². The Bertz CT molecular complexity index is 946. The Morgan fingerprint density at radius 3 is 2.56 bits per heavy atom. The van der Waals surface area contributed by atoms with Crippen LogP contribution in [0, 0.1) is 12.7 Å². The van der Waals surface area contributed by atoms with Gasteiger partial charge in [-0.25, -0.2) is 9.37 Å². The maximum absolute atomic E-state index is 13.2. The molecule has 0 fully saturated rings. The molecule has 0 aliphatic carbocycles. The summed E-state index contributed by atoms with van der Waals surface area (Å²) in [5.74, 6) is -0.863. The summed E-state index contributed by atoms with van der Waals surface area (Å²) >= 11 is 0. The van der Waals surface area contributed by atoms with Gasteiger partial charge in [0.2, 0.25) is 11.8 Å². The number of benzene rings is 1. The van der Waals surface area contributed by atoms with Gasteiger partial charge in [0, 0.05) is 18.3 Å². The quantitative estimate of drug-likeness (QED) is 0.749. The van der Waals surface area contributed by atoms with Gasteiger partial charge in [-0.05, 0) is 42.2 Å². The van der Waals surface area contributed by atoms with E-state index in [0.717, 1.165) is 16.8 Å². The number of aromatic hydroxyl groups is 1. The van der Waals surface area contributed by atoms with Crippen molar-refractivity contribution in [3.63, 3.8) is 0 Å². The van der Waals surface area contributed by atoms with Crippen LogP contribution < -0.4 is 5.73 Å². The van der Waals surface area contributed by atoms with Crippen molar-refractivity contribution in [2.24, 2.45) is 5.73 Å². The van der Waals surface area contributed by atoms with Crippen molar-refractivity contribution < 1.29 is 14.3 Å². The first-order valence-corrected chi connectivity index (χ1v) is 8.14. The van der Waals surface area contributed by atoms with Crippen LogP contribution in [-0.2, 0) is 24.1 Å². The van der Waals surface area contributed by atoms with Gasteiger partial charge in [-0.1, -0.05) is 19.1 Å². The Hall–Kier alpha value is -2.89. The average Bonchev–Trinajstić information content (AvgIpc) is 2.82. The second-order valence-corrected chi connectivity index (χ2v) is 6.13. The summed E-state index contributed by atoms with van der Waals surface area (Å²) in [6, 6.07) is 6.31. The SMILES string of the molecule is CCc1c(CC(N)=O)c2c(O)nc(C)cn2c1Cc1ccc(F)cc1. The average molecular weight is 341 g/mol. The van der Waals surface area contributed by atoms with Crippen molar-refractivity contribution in [1.29, 1.82) is 0 Å². The van der Waals surface area contributed by atoms with Gasteiger partial charge >= 0.3 is 0 Å². The largest absolute Gasteiger partial charge is 0.492 e. The molecule has 3 rings (SSSR count). The highest BCUT2D eigenvalue weighted by Gasteiger charge is 2.22. The molecule has 1 aromatic carbocycles. The number of halogens is 1. The Morgan fingerprint density at radius 2 is 1.96 bits per heavy atom. The fraction of sp³-hybridized carbons (Fsp3) is 0.263. The lowest BCUT2D eigenvalue weighted by molar-refractivity contribution is -0.117. The molecule has 130 valence electrons. The molecule has 0 unspecified atom stereocenters. The summed E-state index contributed by atoms with van der Waals surface area (Å²) in [4.78, 5) is 15.6. The van der Waals surface area contributed by atoms with Crippen LogP contribution in [0.4, 0.5) is 4.39 Å². The van der Waals surface area contributed by atoms with Crippen molar-refractivity contribution in [3.05, 3.63) is 64.4 Å². The zero-order chi connectivity index (χ0) is 18.1. The topological polar surface area (TPSA) is 80.6 Å². The Kier molecular flexibility index (Phi) is 4.44. The van der Waals surface area contributed by atoms with Gasteiger partial charge in [0.25, 0.3) is 0 Å². The van der Waals surface area contributed by atoms with E-state index in [1.165, 1.54) is 12.1 Å². The van der Waals surface area contributed by atoms with Crippen LogP contribution >= 0.6 is 0 Å². The Balaban J connectivity index is 2.25. The molecule has 0 spiro atoms. The van der Waals surface area contributed by atoms with Gasteiger partial charge < -0.3 is 15.2 Å². The van der Waals surface area contributed by atoms with Crippen LogP contribution in [-0.4, -0.2) is 20.4 Å². The van der Waals surface area contributed by atoms with E-state index < -0.39 is 5.91 Å². The molecule has 0 aliphatic heterocycles. The predicted octanol–water partition coefficient (Wildman–Crippen LogP) is 2.67. The summed E-state index contributed by atoms with van der Waals surface area (Å²) in [5, 5.41) is 10.3. The van der Waals surface area contributed by atoms with E-state index in [4.69, 9.17) is 5.73 Å². The smallest absolute Gasteiger partial charge is 0.236 e. The number of amides is 1. The number of hydrogen-bond acceptors (Lipinski definition) is 3. The van der Waals surface area contributed by atoms with Gasteiger partial charge in [-0.15, -0.1) is 0 Å². The standard InChI is InChI=1S/C19H20FN3O2/c1-3-14-15(9-17(21)24)18-19(25)22-11(2)10-23(18)16(14)8-12-4-6-13(20)7-5-12/h4-7,10H,3,8-9H2,1-2H3,(H2,21,24)(H,22,25). The van der Waals surface area contributed by atoms with Crippen molar-refractivity contribution in [3.8, 4) is 5.88 Å². The molecule has 0 bridgehead atoms. The van der Waals surface area contributed by atoms with Crippen LogP contribution in [0.15, 0.2) is 30.5 Å². The highest BCUT2D eigenvalue weighted by atomic mass is 19.1. The maximum atomic E-state index is 13.2. The number of carbonyl (C=O) groups excluding carboxylic acids is 1. The summed E-state index contributed by atoms with van der Waals surface area (Å²) in [6.07, 6.45) is 3.09. The van der Waals surface area contributed by atoms with Crippen molar-refractivity contribution in [2.75, 3.05) is 0 Å². The van der Waals surface area contributed by atoms with Crippen LogP contribution in [0.3, 0.4) is 0 Å². The molecule has 1 amide bonds. The lowest BCUT2D eigenvalue weighted by Crippen LogP contribution is -2.14. The third-order valence-corrected chi connectivity index (χ3v) is 4.33. The number of nitrogens with zero attached hydrogens (tertiary/aromatic N) is 2. The summed E-state index contributed by atoms with van der Waals surface area (Å²) in [6.45, 7) is 3.78. The molecular weight excluding hydrogens is 321 g/mol. The van der Waals surface area contributed by atoms with Crippen LogP contribution in [0.2, 0.25) is 0 Å². The molecule has 0 saturated carbocycles. The highest BCUT2D eigenvalue weighted by molar-refractivity contribution is 5.82. The number of carbonyl (C=O) groups is 1. The first-order valence-electron chi connectivity index (χ1n) is 8.14. The third-order valence-electron chi connectivity index (χ3n) is 4.33. The van der Waals surface area contributed by atoms with Gasteiger partial charge in [0.1, 0.15) is 11.3 Å². The van der Waals surface area contributed by atoms with Crippen molar-refractivity contribution >= 4 is 11.4 Å². The van der Waals surface area contributed by atoms with Gasteiger partial charge in [-0.3, -0.25) is 4.79 Å². The Labute approximate surface area is 144 Å². The van der Waals surface area contributed by atoms with E-state index in [-0.39, 0.29) is 18.1 Å². The molecular formula is C19H20FN3O2. The lowest BCUT2D eigenvalue weighted by atomic mass is 10.00. The number of hydrogen-bond donors (Lipinski definition) is 2. The van der Waals surface area contributed by atoms with E-state index >= 15 is 0 Å². The monoisotopic (exact) mass is 341 g/mol. The maximum Gasteiger partial charge on any atom is 0.236 e. The molecule has 0 saturated heterocycles. The molecule has 0 aliphatic rings. The fourth-order valence-electron chi connectivity index (χ4n) is 3.33. The molecule has 2 heterocycles. The minimum Gasteiger partial charge on any atom is -0.492 e. The van der Waals surface area contributed by atoms with E-state index in [2.05, 4.69) is 4.98 Å². The highest BCUT2D eigenvalue weighted by Crippen LogP contribution is 2.31. The zero-order valence-corrected chi connectivity index (χ0v) is 14.2. The first kappa shape index (κ1) is 17.0. The molecule has 3 N–H and O–H groups in total. The summed E-state index contributed by atoms with van der Waals surface area (Å²) < 4.78 is 15.1. The molecule has 6 heteroatoms. The van der Waals surface area contributed by atoms with Crippen molar-refractivity contribution in [1.82, 2.24) is 9.38 Å². The summed E-state index contributed by atoms with van der Waals surface area (Å²) in [5.41, 5.74) is 10.1.